The number of pyridine rings is 1. The van der Waals surface area contributed by atoms with E-state index in [9.17, 15) is 4.79 Å². The Balaban J connectivity index is 1.60. The highest BCUT2D eigenvalue weighted by molar-refractivity contribution is 8.00. The van der Waals surface area contributed by atoms with Gasteiger partial charge < -0.3 is 14.4 Å². The highest BCUT2D eigenvalue weighted by Gasteiger charge is 2.22. The second-order valence-corrected chi connectivity index (χ2v) is 8.77. The lowest BCUT2D eigenvalue weighted by Gasteiger charge is -2.29. The summed E-state index contributed by atoms with van der Waals surface area (Å²) >= 11 is 1.59. The van der Waals surface area contributed by atoms with Crippen LogP contribution in [-0.4, -0.2) is 72.4 Å². The minimum absolute atomic E-state index is 0.162. The molecule has 7 heteroatoms. The first kappa shape index (κ1) is 22.6. The second kappa shape index (κ2) is 11.9. The van der Waals surface area contributed by atoms with Gasteiger partial charge in [-0.25, -0.2) is 0 Å². The van der Waals surface area contributed by atoms with Crippen molar-refractivity contribution in [3.8, 4) is 5.75 Å². The smallest absolute Gasteiger partial charge is 0.236 e. The van der Waals surface area contributed by atoms with Crippen LogP contribution in [0.1, 0.15) is 18.9 Å². The number of carbonyl (C=O) groups excluding carboxylic acids is 1. The van der Waals surface area contributed by atoms with E-state index in [0.717, 1.165) is 62.0 Å². The molecule has 1 saturated heterocycles. The zero-order chi connectivity index (χ0) is 21.2. The molecule has 1 aromatic heterocycles. The summed E-state index contributed by atoms with van der Waals surface area (Å²) in [6.45, 7) is 7.88. The molecule has 0 bridgehead atoms. The third-order valence-corrected chi connectivity index (χ3v) is 6.26. The van der Waals surface area contributed by atoms with Crippen LogP contribution < -0.4 is 4.74 Å². The van der Waals surface area contributed by atoms with Crippen LogP contribution in [0.3, 0.4) is 0 Å². The summed E-state index contributed by atoms with van der Waals surface area (Å²) in [5.74, 6) is 0.982. The van der Waals surface area contributed by atoms with E-state index in [1.54, 1.807) is 31.3 Å². The van der Waals surface area contributed by atoms with Gasteiger partial charge in [-0.15, -0.1) is 11.8 Å². The standard InChI is InChI=1S/C23H31N3O3S/c1-19(30-22-6-4-21(28-2)5-7-22)23(27)26(18-20-8-10-24-11-9-20)13-3-12-25-14-16-29-17-15-25/h4-11,19H,3,12-18H2,1-2H3. The Labute approximate surface area is 183 Å². The predicted octanol–water partition coefficient (Wildman–Crippen LogP) is 3.32. The molecule has 162 valence electrons. The Bertz CT molecular complexity index is 767. The molecule has 30 heavy (non-hydrogen) atoms. The summed E-state index contributed by atoms with van der Waals surface area (Å²) in [7, 11) is 1.65. The summed E-state index contributed by atoms with van der Waals surface area (Å²) in [6, 6.07) is 11.8. The SMILES string of the molecule is COc1ccc(SC(C)C(=O)N(CCCN2CCOCC2)Cc2ccncc2)cc1. The van der Waals surface area contributed by atoms with Gasteiger partial charge in [0.1, 0.15) is 5.75 Å². The Morgan fingerprint density at radius 1 is 1.20 bits per heavy atom. The van der Waals surface area contributed by atoms with Gasteiger partial charge >= 0.3 is 0 Å². The molecule has 1 atom stereocenters. The number of benzene rings is 1. The normalized spacial score (nSPS) is 15.5. The molecule has 0 radical (unpaired) electrons. The van der Waals surface area contributed by atoms with E-state index in [0.29, 0.717) is 6.54 Å². The highest BCUT2D eigenvalue weighted by Crippen LogP contribution is 2.27. The monoisotopic (exact) mass is 429 g/mol. The summed E-state index contributed by atoms with van der Waals surface area (Å²) in [6.07, 6.45) is 4.51. The maximum atomic E-state index is 13.3. The largest absolute Gasteiger partial charge is 0.497 e. The predicted molar refractivity (Wildman–Crippen MR) is 120 cm³/mol. The molecule has 1 unspecified atom stereocenters. The van der Waals surface area contributed by atoms with Gasteiger partial charge in [0.05, 0.1) is 25.6 Å². The molecular weight excluding hydrogens is 398 g/mol. The first-order chi connectivity index (χ1) is 14.7. The average Bonchev–Trinajstić information content (AvgIpc) is 2.80. The molecule has 1 amide bonds. The molecule has 1 aromatic carbocycles. The van der Waals surface area contributed by atoms with Crippen LogP contribution in [-0.2, 0) is 16.1 Å². The van der Waals surface area contributed by atoms with Gasteiger partial charge in [0.15, 0.2) is 0 Å². The molecule has 1 aliphatic rings. The highest BCUT2D eigenvalue weighted by atomic mass is 32.2. The van der Waals surface area contributed by atoms with Gasteiger partial charge in [0.2, 0.25) is 5.91 Å². The lowest BCUT2D eigenvalue weighted by atomic mass is 10.2. The molecule has 6 nitrogen and oxygen atoms in total. The molecule has 1 aliphatic heterocycles. The van der Waals surface area contributed by atoms with Crippen LogP contribution in [0.25, 0.3) is 0 Å². The van der Waals surface area contributed by atoms with Crippen molar-refractivity contribution in [3.05, 3.63) is 54.4 Å². The van der Waals surface area contributed by atoms with Gasteiger partial charge in [-0.3, -0.25) is 14.7 Å². The van der Waals surface area contributed by atoms with E-state index < -0.39 is 0 Å². The van der Waals surface area contributed by atoms with Crippen LogP contribution in [0.2, 0.25) is 0 Å². The van der Waals surface area contributed by atoms with Crippen molar-refractivity contribution in [2.45, 2.75) is 30.0 Å². The number of ether oxygens (including phenoxy) is 2. The van der Waals surface area contributed by atoms with Crippen molar-refractivity contribution in [3.63, 3.8) is 0 Å². The van der Waals surface area contributed by atoms with E-state index >= 15 is 0 Å². The van der Waals surface area contributed by atoms with E-state index in [4.69, 9.17) is 9.47 Å². The average molecular weight is 430 g/mol. The maximum absolute atomic E-state index is 13.3. The van der Waals surface area contributed by atoms with Crippen LogP contribution in [0.4, 0.5) is 0 Å². The zero-order valence-electron chi connectivity index (χ0n) is 17.8. The van der Waals surface area contributed by atoms with Gasteiger partial charge in [-0.2, -0.15) is 0 Å². The number of nitrogens with zero attached hydrogens (tertiary/aromatic N) is 3. The first-order valence-electron chi connectivity index (χ1n) is 10.4. The van der Waals surface area contributed by atoms with E-state index in [1.807, 2.05) is 48.2 Å². The van der Waals surface area contributed by atoms with Gasteiger partial charge in [0, 0.05) is 50.0 Å². The van der Waals surface area contributed by atoms with Gasteiger partial charge in [-0.1, -0.05) is 0 Å². The number of hydrogen-bond acceptors (Lipinski definition) is 6. The number of hydrogen-bond donors (Lipinski definition) is 0. The summed E-state index contributed by atoms with van der Waals surface area (Å²) in [4.78, 5) is 22.8. The molecule has 0 aliphatic carbocycles. The van der Waals surface area contributed by atoms with Crippen molar-refractivity contribution in [1.82, 2.24) is 14.8 Å². The molecule has 0 saturated carbocycles. The molecule has 2 heterocycles. The Hall–Kier alpha value is -2.09. The fourth-order valence-corrected chi connectivity index (χ4v) is 4.40. The maximum Gasteiger partial charge on any atom is 0.236 e. The van der Waals surface area contributed by atoms with Crippen LogP contribution in [0.5, 0.6) is 5.75 Å². The minimum Gasteiger partial charge on any atom is -0.497 e. The van der Waals surface area contributed by atoms with Crippen molar-refractivity contribution in [2.24, 2.45) is 0 Å². The second-order valence-electron chi connectivity index (χ2n) is 7.36. The van der Waals surface area contributed by atoms with Crippen molar-refractivity contribution in [2.75, 3.05) is 46.5 Å². The lowest BCUT2D eigenvalue weighted by molar-refractivity contribution is -0.131. The summed E-state index contributed by atoms with van der Waals surface area (Å²) in [5, 5.41) is -0.163. The van der Waals surface area contributed by atoms with Gasteiger partial charge in [0.25, 0.3) is 0 Å². The minimum atomic E-state index is -0.163. The van der Waals surface area contributed by atoms with E-state index in [-0.39, 0.29) is 11.2 Å². The number of morpholine rings is 1. The molecule has 1 fully saturated rings. The fraction of sp³-hybridized carbons (Fsp3) is 0.478. The molecule has 0 spiro atoms. The quantitative estimate of drug-likeness (QED) is 0.540. The number of carbonyl (C=O) groups is 1. The Morgan fingerprint density at radius 3 is 2.57 bits per heavy atom. The molecular formula is C23H31N3O3S. The zero-order valence-corrected chi connectivity index (χ0v) is 18.6. The molecule has 0 N–H and O–H groups in total. The third-order valence-electron chi connectivity index (χ3n) is 5.16. The fourth-order valence-electron chi connectivity index (χ4n) is 3.45. The number of methoxy groups -OCH3 is 1. The topological polar surface area (TPSA) is 54.9 Å². The van der Waals surface area contributed by atoms with Gasteiger partial charge in [-0.05, 0) is 55.3 Å². The van der Waals surface area contributed by atoms with E-state index in [2.05, 4.69) is 9.88 Å². The number of aromatic nitrogens is 1. The van der Waals surface area contributed by atoms with Crippen LogP contribution >= 0.6 is 11.8 Å². The number of rotatable bonds is 10. The first-order valence-corrected chi connectivity index (χ1v) is 11.3. The molecule has 3 rings (SSSR count). The molecule has 2 aromatic rings. The summed E-state index contributed by atoms with van der Waals surface area (Å²) < 4.78 is 10.6. The lowest BCUT2D eigenvalue weighted by Crippen LogP contribution is -2.40. The Kier molecular flexibility index (Phi) is 8.99. The summed E-state index contributed by atoms with van der Waals surface area (Å²) in [5.41, 5.74) is 1.10. The van der Waals surface area contributed by atoms with Crippen LogP contribution in [0.15, 0.2) is 53.7 Å². The number of thioether (sulfide) groups is 1. The van der Waals surface area contributed by atoms with Crippen LogP contribution in [0, 0.1) is 0 Å². The van der Waals surface area contributed by atoms with E-state index in [1.165, 1.54) is 0 Å². The van der Waals surface area contributed by atoms with Crippen molar-refractivity contribution < 1.29 is 14.3 Å². The van der Waals surface area contributed by atoms with Crippen molar-refractivity contribution in [1.29, 1.82) is 0 Å². The number of amides is 1. The van der Waals surface area contributed by atoms with Crippen molar-refractivity contribution >= 4 is 17.7 Å². The third kappa shape index (κ3) is 7.00. The Morgan fingerprint density at radius 2 is 1.90 bits per heavy atom.